The van der Waals surface area contributed by atoms with Crippen molar-refractivity contribution in [3.05, 3.63) is 46.7 Å². The van der Waals surface area contributed by atoms with E-state index in [1.807, 2.05) is 36.4 Å². The van der Waals surface area contributed by atoms with Crippen LogP contribution >= 0.6 is 15.9 Å². The van der Waals surface area contributed by atoms with E-state index in [0.29, 0.717) is 6.32 Å². The molecule has 0 aliphatic heterocycles. The Bertz CT molecular complexity index is 474. The minimum atomic E-state index is 0.446. The van der Waals surface area contributed by atoms with Crippen LogP contribution in [0.3, 0.4) is 0 Å². The molecule has 2 nitrogen and oxygen atoms in total. The first kappa shape index (κ1) is 10.4. The van der Waals surface area contributed by atoms with E-state index in [9.17, 15) is 0 Å². The molecule has 15 heavy (non-hydrogen) atoms. The Labute approximate surface area is 98.3 Å². The van der Waals surface area contributed by atoms with Gasteiger partial charge in [0.25, 0.3) is 0 Å². The minimum absolute atomic E-state index is 0.446. The molecule has 4 heteroatoms. The molecule has 0 amide bonds. The third-order valence-corrected chi connectivity index (χ3v) is 2.44. The highest BCUT2D eigenvalue weighted by molar-refractivity contribution is 9.10. The summed E-state index contributed by atoms with van der Waals surface area (Å²) in [5.74, 6) is 0. The zero-order valence-corrected chi connectivity index (χ0v) is 9.61. The molecule has 0 unspecified atom stereocenters. The van der Waals surface area contributed by atoms with E-state index in [0.717, 1.165) is 21.7 Å². The lowest BCUT2D eigenvalue weighted by Gasteiger charge is -2.02. The normalized spacial score (nSPS) is 10.2. The van der Waals surface area contributed by atoms with Crippen molar-refractivity contribution in [3.8, 4) is 11.4 Å². The van der Waals surface area contributed by atoms with Gasteiger partial charge in [-0.2, -0.15) is 0 Å². The fraction of sp³-hybridized carbons (Fsp3) is 0.0909. The van der Waals surface area contributed by atoms with E-state index in [1.54, 1.807) is 0 Å². The molecule has 0 bridgehead atoms. The number of halogens is 1. The van der Waals surface area contributed by atoms with E-state index < -0.39 is 0 Å². The van der Waals surface area contributed by atoms with Crippen LogP contribution in [0.5, 0.6) is 0 Å². The number of aromatic nitrogens is 2. The maximum absolute atomic E-state index is 5.53. The molecule has 2 radical (unpaired) electrons. The second-order valence-corrected chi connectivity index (χ2v) is 3.88. The maximum atomic E-state index is 5.53. The molecule has 0 N–H and O–H groups in total. The Morgan fingerprint density at radius 1 is 1.00 bits per heavy atom. The second kappa shape index (κ2) is 4.58. The number of hydrogen-bond acceptors (Lipinski definition) is 2. The van der Waals surface area contributed by atoms with Crippen LogP contribution in [-0.2, 0) is 6.32 Å². The molecule has 0 aliphatic carbocycles. The van der Waals surface area contributed by atoms with Crippen LogP contribution in [0.25, 0.3) is 11.4 Å². The number of rotatable bonds is 2. The van der Waals surface area contributed by atoms with E-state index in [2.05, 4.69) is 25.9 Å². The molecule has 0 spiro atoms. The third kappa shape index (κ3) is 2.45. The molecule has 0 saturated heterocycles. The largest absolute Gasteiger partial charge is 0.252 e. The summed E-state index contributed by atoms with van der Waals surface area (Å²) in [6.07, 6.45) is 0.446. The van der Waals surface area contributed by atoms with Gasteiger partial charge in [-0.3, -0.25) is 4.98 Å². The predicted octanol–water partition coefficient (Wildman–Crippen LogP) is 2.57. The van der Waals surface area contributed by atoms with Crippen molar-refractivity contribution in [2.24, 2.45) is 0 Å². The van der Waals surface area contributed by atoms with Crippen LogP contribution in [0.15, 0.2) is 41.0 Å². The first-order valence-corrected chi connectivity index (χ1v) is 5.38. The first-order chi connectivity index (χ1) is 7.29. The van der Waals surface area contributed by atoms with Gasteiger partial charge in [0.2, 0.25) is 0 Å². The summed E-state index contributed by atoms with van der Waals surface area (Å²) in [6.45, 7) is 0. The highest BCUT2D eigenvalue weighted by Gasteiger charge is 2.01. The van der Waals surface area contributed by atoms with Crippen molar-refractivity contribution >= 4 is 23.8 Å². The van der Waals surface area contributed by atoms with Gasteiger partial charge in [0.15, 0.2) is 0 Å². The van der Waals surface area contributed by atoms with Gasteiger partial charge < -0.3 is 0 Å². The summed E-state index contributed by atoms with van der Waals surface area (Å²) in [5.41, 5.74) is 2.56. The molecular weight excluding hydrogens is 251 g/mol. The van der Waals surface area contributed by atoms with Crippen LogP contribution in [0.4, 0.5) is 0 Å². The SMILES string of the molecule is [B]Cc1cccc(-c2cccc(Br)n2)n1. The van der Waals surface area contributed by atoms with E-state index in [4.69, 9.17) is 7.85 Å². The Balaban J connectivity index is 2.44. The minimum Gasteiger partial charge on any atom is -0.252 e. The van der Waals surface area contributed by atoms with Crippen molar-refractivity contribution in [3.63, 3.8) is 0 Å². The zero-order valence-electron chi connectivity index (χ0n) is 8.02. The van der Waals surface area contributed by atoms with E-state index in [1.165, 1.54) is 0 Å². The number of nitrogens with zero attached hydrogens (tertiary/aromatic N) is 2. The molecule has 0 fully saturated rings. The summed E-state index contributed by atoms with van der Waals surface area (Å²) in [5, 5.41) is 0. The van der Waals surface area contributed by atoms with Gasteiger partial charge in [0.05, 0.1) is 19.2 Å². The lowest BCUT2D eigenvalue weighted by molar-refractivity contribution is 1.15. The van der Waals surface area contributed by atoms with E-state index in [-0.39, 0.29) is 0 Å². The van der Waals surface area contributed by atoms with Crippen LogP contribution < -0.4 is 0 Å². The molecule has 2 aromatic rings. The summed E-state index contributed by atoms with van der Waals surface area (Å²) in [7, 11) is 5.53. The van der Waals surface area contributed by atoms with Crippen LogP contribution in [-0.4, -0.2) is 17.8 Å². The van der Waals surface area contributed by atoms with Crippen LogP contribution in [0.1, 0.15) is 5.69 Å². The highest BCUT2D eigenvalue weighted by Crippen LogP contribution is 2.17. The topological polar surface area (TPSA) is 25.8 Å². The monoisotopic (exact) mass is 258 g/mol. The molecule has 2 aromatic heterocycles. The third-order valence-electron chi connectivity index (χ3n) is 1.99. The molecular formula is C11H8BBrN2. The molecule has 2 heterocycles. The van der Waals surface area contributed by atoms with Gasteiger partial charge in [-0.1, -0.05) is 12.1 Å². The van der Waals surface area contributed by atoms with Gasteiger partial charge in [0, 0.05) is 5.69 Å². The first-order valence-electron chi connectivity index (χ1n) is 4.58. The quantitative estimate of drug-likeness (QED) is 0.611. The summed E-state index contributed by atoms with van der Waals surface area (Å²) >= 11 is 3.33. The molecule has 0 aromatic carbocycles. The van der Waals surface area contributed by atoms with Gasteiger partial charge in [-0.15, -0.1) is 0 Å². The average Bonchev–Trinajstić information content (AvgIpc) is 2.29. The van der Waals surface area contributed by atoms with Crippen molar-refractivity contribution in [1.82, 2.24) is 9.97 Å². The van der Waals surface area contributed by atoms with Gasteiger partial charge in [-0.25, -0.2) is 4.98 Å². The average molecular weight is 259 g/mol. The molecule has 2 rings (SSSR count). The molecule has 0 saturated carbocycles. The van der Waals surface area contributed by atoms with Crippen molar-refractivity contribution in [2.45, 2.75) is 6.32 Å². The van der Waals surface area contributed by atoms with Gasteiger partial charge >= 0.3 is 0 Å². The molecule has 0 aliphatic rings. The lowest BCUT2D eigenvalue weighted by Crippen LogP contribution is -1.93. The zero-order chi connectivity index (χ0) is 10.7. The maximum Gasteiger partial charge on any atom is 0.106 e. The van der Waals surface area contributed by atoms with Gasteiger partial charge in [-0.05, 0) is 46.5 Å². The lowest BCUT2D eigenvalue weighted by atomic mass is 10.0. The molecule has 0 atom stereocenters. The number of hydrogen-bond donors (Lipinski definition) is 0. The standard InChI is InChI=1S/C11H8BBrN2/c12-7-8-3-1-4-9(14-8)10-5-2-6-11(13)15-10/h1-6H,7H2. The predicted molar refractivity (Wildman–Crippen MR) is 64.6 cm³/mol. The summed E-state index contributed by atoms with van der Waals surface area (Å²) in [6, 6.07) is 11.5. The summed E-state index contributed by atoms with van der Waals surface area (Å²) in [4.78, 5) is 8.73. The summed E-state index contributed by atoms with van der Waals surface area (Å²) < 4.78 is 0.806. The van der Waals surface area contributed by atoms with Crippen molar-refractivity contribution in [1.29, 1.82) is 0 Å². The Morgan fingerprint density at radius 2 is 1.67 bits per heavy atom. The van der Waals surface area contributed by atoms with Crippen molar-refractivity contribution in [2.75, 3.05) is 0 Å². The Kier molecular flexibility index (Phi) is 3.16. The fourth-order valence-corrected chi connectivity index (χ4v) is 1.63. The molecule has 72 valence electrons. The van der Waals surface area contributed by atoms with Crippen LogP contribution in [0.2, 0.25) is 0 Å². The fourth-order valence-electron chi connectivity index (χ4n) is 1.29. The Morgan fingerprint density at radius 3 is 2.33 bits per heavy atom. The van der Waals surface area contributed by atoms with Crippen LogP contribution in [0, 0.1) is 0 Å². The highest BCUT2D eigenvalue weighted by atomic mass is 79.9. The van der Waals surface area contributed by atoms with Gasteiger partial charge in [0.1, 0.15) is 4.60 Å². The second-order valence-electron chi connectivity index (χ2n) is 3.06. The number of pyridine rings is 2. The Hall–Kier alpha value is -1.16. The van der Waals surface area contributed by atoms with E-state index >= 15 is 0 Å². The van der Waals surface area contributed by atoms with Crippen molar-refractivity contribution < 1.29 is 0 Å². The smallest absolute Gasteiger partial charge is 0.106 e.